The Morgan fingerprint density at radius 2 is 2.10 bits per heavy atom. The van der Waals surface area contributed by atoms with Crippen molar-refractivity contribution in [1.82, 2.24) is 4.90 Å². The van der Waals surface area contributed by atoms with E-state index in [-0.39, 0.29) is 5.91 Å². The van der Waals surface area contributed by atoms with Crippen molar-refractivity contribution < 1.29 is 9.53 Å². The Bertz CT molecular complexity index is 466. The molecule has 0 aliphatic carbocycles. The standard InChI is InChI=1S/C16H24N2O2/c1-3-4-12-7-9-18(10-8-12)16(19)14-6-5-13(20-2)11-15(14)17/h5-6,11-12H,3-4,7-10,17H2,1-2H3. The number of carbonyl (C=O) groups excluding carboxylic acids is 1. The summed E-state index contributed by atoms with van der Waals surface area (Å²) < 4.78 is 5.11. The molecule has 20 heavy (non-hydrogen) atoms. The molecule has 0 atom stereocenters. The number of likely N-dealkylation sites (tertiary alicyclic amines) is 1. The summed E-state index contributed by atoms with van der Waals surface area (Å²) in [4.78, 5) is 14.4. The van der Waals surface area contributed by atoms with E-state index in [1.54, 1.807) is 25.3 Å². The minimum absolute atomic E-state index is 0.0418. The molecule has 0 aromatic heterocycles. The molecule has 1 aromatic rings. The van der Waals surface area contributed by atoms with Crippen molar-refractivity contribution in [2.24, 2.45) is 5.92 Å². The fourth-order valence-corrected chi connectivity index (χ4v) is 2.87. The number of ether oxygens (including phenoxy) is 1. The lowest BCUT2D eigenvalue weighted by Gasteiger charge is -2.32. The van der Waals surface area contributed by atoms with Crippen LogP contribution in [-0.2, 0) is 0 Å². The van der Waals surface area contributed by atoms with Gasteiger partial charge in [0.15, 0.2) is 0 Å². The van der Waals surface area contributed by atoms with Crippen LogP contribution in [0.1, 0.15) is 43.0 Å². The molecular formula is C16H24N2O2. The van der Waals surface area contributed by atoms with E-state index in [4.69, 9.17) is 10.5 Å². The number of methoxy groups -OCH3 is 1. The van der Waals surface area contributed by atoms with Crippen LogP contribution in [0.4, 0.5) is 5.69 Å². The molecule has 1 fully saturated rings. The van der Waals surface area contributed by atoms with Crippen LogP contribution < -0.4 is 10.5 Å². The number of piperidine rings is 1. The quantitative estimate of drug-likeness (QED) is 0.860. The largest absolute Gasteiger partial charge is 0.497 e. The molecule has 4 heteroatoms. The first-order valence-corrected chi connectivity index (χ1v) is 7.38. The minimum Gasteiger partial charge on any atom is -0.497 e. The van der Waals surface area contributed by atoms with Crippen LogP contribution in [0.2, 0.25) is 0 Å². The smallest absolute Gasteiger partial charge is 0.255 e. The first-order chi connectivity index (χ1) is 9.65. The summed E-state index contributed by atoms with van der Waals surface area (Å²) in [7, 11) is 1.59. The Kier molecular flexibility index (Phi) is 4.88. The number of hydrogen-bond donors (Lipinski definition) is 1. The molecule has 4 nitrogen and oxygen atoms in total. The molecule has 2 rings (SSSR count). The second-order valence-corrected chi connectivity index (χ2v) is 5.48. The van der Waals surface area contributed by atoms with E-state index in [9.17, 15) is 4.79 Å². The maximum atomic E-state index is 12.5. The lowest BCUT2D eigenvalue weighted by atomic mass is 9.92. The molecule has 0 radical (unpaired) electrons. The van der Waals surface area contributed by atoms with Gasteiger partial charge in [0.05, 0.1) is 12.7 Å². The Morgan fingerprint density at radius 1 is 1.40 bits per heavy atom. The third-order valence-corrected chi connectivity index (χ3v) is 4.09. The number of carbonyl (C=O) groups is 1. The lowest BCUT2D eigenvalue weighted by Crippen LogP contribution is -2.38. The summed E-state index contributed by atoms with van der Waals surface area (Å²) in [6.45, 7) is 3.90. The van der Waals surface area contributed by atoms with Crippen LogP contribution in [0, 0.1) is 5.92 Å². The molecular weight excluding hydrogens is 252 g/mol. The van der Waals surface area contributed by atoms with Gasteiger partial charge in [0.25, 0.3) is 5.91 Å². The summed E-state index contributed by atoms with van der Waals surface area (Å²) in [5.41, 5.74) is 7.03. The van der Waals surface area contributed by atoms with Crippen molar-refractivity contribution >= 4 is 11.6 Å². The fourth-order valence-electron chi connectivity index (χ4n) is 2.87. The van der Waals surface area contributed by atoms with Crippen LogP contribution >= 0.6 is 0 Å². The highest BCUT2D eigenvalue weighted by molar-refractivity contribution is 5.99. The van der Waals surface area contributed by atoms with Crippen molar-refractivity contribution in [3.8, 4) is 5.75 Å². The second kappa shape index (κ2) is 6.64. The number of anilines is 1. The van der Waals surface area contributed by atoms with Gasteiger partial charge < -0.3 is 15.4 Å². The van der Waals surface area contributed by atoms with Gasteiger partial charge in [-0.05, 0) is 30.9 Å². The van der Waals surface area contributed by atoms with Gasteiger partial charge in [-0.25, -0.2) is 0 Å². The number of nitrogens with zero attached hydrogens (tertiary/aromatic N) is 1. The van der Waals surface area contributed by atoms with Crippen molar-refractivity contribution in [3.63, 3.8) is 0 Å². The van der Waals surface area contributed by atoms with Crippen LogP contribution in [0.3, 0.4) is 0 Å². The minimum atomic E-state index is 0.0418. The maximum Gasteiger partial charge on any atom is 0.255 e. The first kappa shape index (κ1) is 14.7. The highest BCUT2D eigenvalue weighted by Crippen LogP contribution is 2.25. The maximum absolute atomic E-state index is 12.5. The zero-order chi connectivity index (χ0) is 14.5. The molecule has 1 aliphatic heterocycles. The van der Waals surface area contributed by atoms with Crippen LogP contribution in [-0.4, -0.2) is 31.0 Å². The normalized spacial score (nSPS) is 16.2. The zero-order valence-corrected chi connectivity index (χ0v) is 12.4. The van der Waals surface area contributed by atoms with Gasteiger partial charge in [0, 0.05) is 24.8 Å². The van der Waals surface area contributed by atoms with Gasteiger partial charge in [-0.1, -0.05) is 19.8 Å². The predicted molar refractivity (Wildman–Crippen MR) is 80.9 cm³/mol. The average Bonchev–Trinajstić information content (AvgIpc) is 2.47. The summed E-state index contributed by atoms with van der Waals surface area (Å²) >= 11 is 0. The van der Waals surface area contributed by atoms with Gasteiger partial charge in [0.2, 0.25) is 0 Å². The molecule has 1 amide bonds. The summed E-state index contributed by atoms with van der Waals surface area (Å²) in [6, 6.07) is 5.25. The van der Waals surface area contributed by atoms with Crippen molar-refractivity contribution in [3.05, 3.63) is 23.8 Å². The molecule has 1 aliphatic rings. The van der Waals surface area contributed by atoms with Crippen LogP contribution in [0.25, 0.3) is 0 Å². The number of amides is 1. The lowest BCUT2D eigenvalue weighted by molar-refractivity contribution is 0.0687. The van der Waals surface area contributed by atoms with Gasteiger partial charge in [-0.3, -0.25) is 4.79 Å². The Labute approximate surface area is 120 Å². The number of nitrogen functional groups attached to an aromatic ring is 1. The Morgan fingerprint density at radius 3 is 2.65 bits per heavy atom. The zero-order valence-electron chi connectivity index (χ0n) is 12.4. The van der Waals surface area contributed by atoms with Gasteiger partial charge in [-0.2, -0.15) is 0 Å². The highest BCUT2D eigenvalue weighted by atomic mass is 16.5. The van der Waals surface area contributed by atoms with E-state index in [1.807, 2.05) is 4.90 Å². The SMILES string of the molecule is CCCC1CCN(C(=O)c2ccc(OC)cc2N)CC1. The van der Waals surface area contributed by atoms with Crippen molar-refractivity contribution in [2.45, 2.75) is 32.6 Å². The van der Waals surface area contributed by atoms with Gasteiger partial charge >= 0.3 is 0 Å². The van der Waals surface area contributed by atoms with E-state index in [0.29, 0.717) is 17.0 Å². The van der Waals surface area contributed by atoms with E-state index in [1.165, 1.54) is 12.8 Å². The molecule has 0 spiro atoms. The number of benzene rings is 1. The molecule has 1 heterocycles. The molecule has 0 unspecified atom stereocenters. The van der Waals surface area contributed by atoms with Gasteiger partial charge in [0.1, 0.15) is 5.75 Å². The van der Waals surface area contributed by atoms with Gasteiger partial charge in [-0.15, -0.1) is 0 Å². The summed E-state index contributed by atoms with van der Waals surface area (Å²) in [6.07, 6.45) is 4.71. The molecule has 2 N–H and O–H groups in total. The molecule has 110 valence electrons. The predicted octanol–water partition coefficient (Wildman–Crippen LogP) is 2.93. The highest BCUT2D eigenvalue weighted by Gasteiger charge is 2.24. The van der Waals surface area contributed by atoms with Crippen LogP contribution in [0.5, 0.6) is 5.75 Å². The topological polar surface area (TPSA) is 55.6 Å². The summed E-state index contributed by atoms with van der Waals surface area (Å²) in [5.74, 6) is 1.50. The van der Waals surface area contributed by atoms with Crippen molar-refractivity contribution in [2.75, 3.05) is 25.9 Å². The Hall–Kier alpha value is -1.71. The second-order valence-electron chi connectivity index (χ2n) is 5.48. The summed E-state index contributed by atoms with van der Waals surface area (Å²) in [5, 5.41) is 0. The number of hydrogen-bond acceptors (Lipinski definition) is 3. The van der Waals surface area contributed by atoms with Crippen molar-refractivity contribution in [1.29, 1.82) is 0 Å². The Balaban J connectivity index is 2.02. The van der Waals surface area contributed by atoms with E-state index >= 15 is 0 Å². The van der Waals surface area contributed by atoms with E-state index in [2.05, 4.69) is 6.92 Å². The fraction of sp³-hybridized carbons (Fsp3) is 0.562. The molecule has 0 bridgehead atoms. The van der Waals surface area contributed by atoms with Crippen LogP contribution in [0.15, 0.2) is 18.2 Å². The molecule has 1 saturated heterocycles. The third kappa shape index (κ3) is 3.24. The third-order valence-electron chi connectivity index (χ3n) is 4.09. The van der Waals surface area contributed by atoms with E-state index < -0.39 is 0 Å². The first-order valence-electron chi connectivity index (χ1n) is 7.38. The molecule has 0 saturated carbocycles. The number of nitrogens with two attached hydrogens (primary N) is 1. The van der Waals surface area contributed by atoms with E-state index in [0.717, 1.165) is 31.8 Å². The average molecular weight is 276 g/mol. The molecule has 1 aromatic carbocycles. The monoisotopic (exact) mass is 276 g/mol. The number of rotatable bonds is 4.